The lowest BCUT2D eigenvalue weighted by molar-refractivity contribution is 0.105. The molecule has 15 heavy (non-hydrogen) atoms. The van der Waals surface area contributed by atoms with Crippen molar-refractivity contribution in [1.82, 2.24) is 9.36 Å². The van der Waals surface area contributed by atoms with Crippen molar-refractivity contribution in [3.63, 3.8) is 0 Å². The van der Waals surface area contributed by atoms with Crippen molar-refractivity contribution >= 4 is 16.7 Å². The molecular weight excluding hydrogens is 214 g/mol. The van der Waals surface area contributed by atoms with Crippen LogP contribution in [0.2, 0.25) is 0 Å². The van der Waals surface area contributed by atoms with Gasteiger partial charge < -0.3 is 15.5 Å². The van der Waals surface area contributed by atoms with Crippen molar-refractivity contribution in [2.24, 2.45) is 0 Å². The molecule has 0 amide bonds. The summed E-state index contributed by atoms with van der Waals surface area (Å²) >= 11 is 1.26. The maximum absolute atomic E-state index is 9.13. The smallest absolute Gasteiger partial charge is 0.202 e. The maximum atomic E-state index is 9.13. The van der Waals surface area contributed by atoms with E-state index in [1.807, 2.05) is 20.8 Å². The van der Waals surface area contributed by atoms with Gasteiger partial charge in [-0.3, -0.25) is 0 Å². The molecule has 1 rings (SSSR count). The van der Waals surface area contributed by atoms with E-state index in [0.29, 0.717) is 5.13 Å². The molecule has 0 aliphatic carbocycles. The Morgan fingerprint density at radius 1 is 1.47 bits per heavy atom. The SMILES string of the molecule is CC(C)(C)c1nsc(NC[C@@H](O)CO)n1. The van der Waals surface area contributed by atoms with Crippen LogP contribution in [-0.2, 0) is 5.41 Å². The van der Waals surface area contributed by atoms with Gasteiger partial charge in [-0.25, -0.2) is 4.98 Å². The largest absolute Gasteiger partial charge is 0.394 e. The molecule has 5 nitrogen and oxygen atoms in total. The number of rotatable bonds is 4. The number of anilines is 1. The second kappa shape index (κ2) is 4.87. The standard InChI is InChI=1S/C9H17N3O2S/c1-9(2,3)7-11-8(15-12-7)10-4-6(14)5-13/h6,13-14H,4-5H2,1-3H3,(H,10,11,12)/t6-/m1/s1. The van der Waals surface area contributed by atoms with Gasteiger partial charge >= 0.3 is 0 Å². The van der Waals surface area contributed by atoms with Gasteiger partial charge in [0.05, 0.1) is 12.7 Å². The molecule has 0 saturated carbocycles. The molecule has 0 fully saturated rings. The number of aromatic nitrogens is 2. The highest BCUT2D eigenvalue weighted by atomic mass is 32.1. The topological polar surface area (TPSA) is 78.3 Å². The van der Waals surface area contributed by atoms with Crippen LogP contribution in [0, 0.1) is 0 Å². The van der Waals surface area contributed by atoms with Gasteiger partial charge in [0.2, 0.25) is 5.13 Å². The fourth-order valence-corrected chi connectivity index (χ4v) is 1.63. The van der Waals surface area contributed by atoms with Gasteiger partial charge in [0.1, 0.15) is 5.82 Å². The van der Waals surface area contributed by atoms with Crippen LogP contribution in [0.4, 0.5) is 5.13 Å². The summed E-state index contributed by atoms with van der Waals surface area (Å²) in [5.74, 6) is 0.786. The van der Waals surface area contributed by atoms with Crippen LogP contribution in [0.5, 0.6) is 0 Å². The van der Waals surface area contributed by atoms with Crippen LogP contribution in [0.3, 0.4) is 0 Å². The number of aliphatic hydroxyl groups is 2. The second-order valence-electron chi connectivity index (χ2n) is 4.39. The minimum absolute atomic E-state index is 0.0635. The molecule has 0 radical (unpaired) electrons. The molecule has 0 aliphatic heterocycles. The molecule has 1 atom stereocenters. The maximum Gasteiger partial charge on any atom is 0.202 e. The van der Waals surface area contributed by atoms with Crippen molar-refractivity contribution in [2.75, 3.05) is 18.5 Å². The Balaban J connectivity index is 2.54. The molecule has 1 aromatic rings. The first-order chi connectivity index (χ1) is 6.93. The summed E-state index contributed by atoms with van der Waals surface area (Å²) in [4.78, 5) is 4.29. The zero-order valence-corrected chi connectivity index (χ0v) is 10.0. The summed E-state index contributed by atoms with van der Waals surface area (Å²) in [5, 5.41) is 21.4. The monoisotopic (exact) mass is 231 g/mol. The van der Waals surface area contributed by atoms with E-state index in [1.54, 1.807) is 0 Å². The van der Waals surface area contributed by atoms with Crippen molar-refractivity contribution in [2.45, 2.75) is 32.3 Å². The highest BCUT2D eigenvalue weighted by molar-refractivity contribution is 7.09. The zero-order chi connectivity index (χ0) is 11.5. The second-order valence-corrected chi connectivity index (χ2v) is 5.14. The Morgan fingerprint density at radius 2 is 2.13 bits per heavy atom. The van der Waals surface area contributed by atoms with E-state index in [-0.39, 0.29) is 18.6 Å². The first kappa shape index (κ1) is 12.4. The number of nitrogens with one attached hydrogen (secondary N) is 1. The van der Waals surface area contributed by atoms with E-state index < -0.39 is 6.10 Å². The molecular formula is C9H17N3O2S. The van der Waals surface area contributed by atoms with E-state index in [4.69, 9.17) is 10.2 Å². The van der Waals surface area contributed by atoms with Crippen LogP contribution in [-0.4, -0.2) is 38.8 Å². The minimum atomic E-state index is -0.757. The van der Waals surface area contributed by atoms with E-state index in [2.05, 4.69) is 14.7 Å². The lowest BCUT2D eigenvalue weighted by atomic mass is 9.96. The third-order valence-electron chi connectivity index (χ3n) is 1.80. The molecule has 0 saturated heterocycles. The molecule has 0 aliphatic rings. The molecule has 0 spiro atoms. The Labute approximate surface area is 93.3 Å². The third-order valence-corrected chi connectivity index (χ3v) is 2.47. The highest BCUT2D eigenvalue weighted by Gasteiger charge is 2.19. The average Bonchev–Trinajstić information content (AvgIpc) is 2.61. The molecule has 6 heteroatoms. The predicted octanol–water partition coefficient (Wildman–Crippen LogP) is 0.601. The Kier molecular flexibility index (Phi) is 4.01. The first-order valence-electron chi connectivity index (χ1n) is 4.80. The van der Waals surface area contributed by atoms with Crippen molar-refractivity contribution in [3.05, 3.63) is 5.82 Å². The van der Waals surface area contributed by atoms with Crippen molar-refractivity contribution in [3.8, 4) is 0 Å². The van der Waals surface area contributed by atoms with Crippen molar-refractivity contribution < 1.29 is 10.2 Å². The highest BCUT2D eigenvalue weighted by Crippen LogP contribution is 2.22. The van der Waals surface area contributed by atoms with Crippen molar-refractivity contribution in [1.29, 1.82) is 0 Å². The van der Waals surface area contributed by atoms with Crippen LogP contribution in [0.1, 0.15) is 26.6 Å². The van der Waals surface area contributed by atoms with E-state index in [1.165, 1.54) is 11.5 Å². The van der Waals surface area contributed by atoms with Gasteiger partial charge in [-0.2, -0.15) is 4.37 Å². The average molecular weight is 231 g/mol. The minimum Gasteiger partial charge on any atom is -0.394 e. The summed E-state index contributed by atoms with van der Waals surface area (Å²) in [5.41, 5.74) is -0.0635. The number of nitrogens with zero attached hydrogens (tertiary/aromatic N) is 2. The number of hydrogen-bond acceptors (Lipinski definition) is 6. The van der Waals surface area contributed by atoms with Crippen LogP contribution < -0.4 is 5.32 Å². The van der Waals surface area contributed by atoms with Crippen LogP contribution in [0.15, 0.2) is 0 Å². The van der Waals surface area contributed by atoms with Gasteiger partial charge in [-0.05, 0) is 0 Å². The number of hydrogen-bond donors (Lipinski definition) is 3. The van der Waals surface area contributed by atoms with Gasteiger partial charge in [0.25, 0.3) is 0 Å². The summed E-state index contributed by atoms with van der Waals surface area (Å²) in [6.07, 6.45) is -0.757. The summed E-state index contributed by atoms with van der Waals surface area (Å²) < 4.78 is 4.22. The van der Waals surface area contributed by atoms with Gasteiger partial charge in [0.15, 0.2) is 0 Å². The Morgan fingerprint density at radius 3 is 2.60 bits per heavy atom. The fraction of sp³-hybridized carbons (Fsp3) is 0.778. The fourth-order valence-electron chi connectivity index (χ4n) is 0.870. The lowest BCUT2D eigenvalue weighted by Gasteiger charge is -2.12. The summed E-state index contributed by atoms with van der Waals surface area (Å²) in [6, 6.07) is 0. The Bertz CT molecular complexity index is 309. The Hall–Kier alpha value is -0.720. The molecule has 0 aromatic carbocycles. The van der Waals surface area contributed by atoms with Gasteiger partial charge in [-0.15, -0.1) is 0 Å². The molecule has 1 heterocycles. The molecule has 1 aromatic heterocycles. The number of aliphatic hydroxyl groups excluding tert-OH is 2. The normalized spacial score (nSPS) is 13.9. The third kappa shape index (κ3) is 3.73. The first-order valence-corrected chi connectivity index (χ1v) is 5.58. The molecule has 0 unspecified atom stereocenters. The molecule has 3 N–H and O–H groups in total. The predicted molar refractivity (Wildman–Crippen MR) is 60.2 cm³/mol. The van der Waals surface area contributed by atoms with Gasteiger partial charge in [0, 0.05) is 23.5 Å². The molecule has 0 bridgehead atoms. The van der Waals surface area contributed by atoms with E-state index >= 15 is 0 Å². The van der Waals surface area contributed by atoms with Crippen LogP contribution >= 0.6 is 11.5 Å². The quantitative estimate of drug-likeness (QED) is 0.707. The zero-order valence-electron chi connectivity index (χ0n) is 9.19. The summed E-state index contributed by atoms with van der Waals surface area (Å²) in [7, 11) is 0. The van der Waals surface area contributed by atoms with Crippen LogP contribution in [0.25, 0.3) is 0 Å². The lowest BCUT2D eigenvalue weighted by Crippen LogP contribution is -2.23. The van der Waals surface area contributed by atoms with E-state index in [9.17, 15) is 0 Å². The van der Waals surface area contributed by atoms with E-state index in [0.717, 1.165) is 5.82 Å². The van der Waals surface area contributed by atoms with Gasteiger partial charge in [-0.1, -0.05) is 20.8 Å². The molecule has 86 valence electrons. The summed E-state index contributed by atoms with van der Waals surface area (Å²) in [6.45, 7) is 6.16.